The van der Waals surface area contributed by atoms with Crippen molar-refractivity contribution in [2.24, 2.45) is 5.92 Å². The first kappa shape index (κ1) is 32.5. The molecule has 42 heavy (non-hydrogen) atoms. The van der Waals surface area contributed by atoms with Crippen LogP contribution in [-0.4, -0.2) is 65.2 Å². The minimum absolute atomic E-state index is 0.000687. The number of amides is 1. The third-order valence-corrected chi connectivity index (χ3v) is 10.4. The summed E-state index contributed by atoms with van der Waals surface area (Å²) >= 11 is -2.08. The zero-order valence-electron chi connectivity index (χ0n) is 22.4. The molecule has 1 aliphatic carbocycles. The summed E-state index contributed by atoms with van der Waals surface area (Å²) in [6.45, 7) is -0.264. The van der Waals surface area contributed by atoms with E-state index in [-0.39, 0.29) is 42.5 Å². The monoisotopic (exact) mass is 627 g/mol. The van der Waals surface area contributed by atoms with Gasteiger partial charge in [0.05, 0.1) is 6.54 Å². The lowest BCUT2D eigenvalue weighted by molar-refractivity contribution is -0.348. The molecule has 1 aliphatic heterocycles. The largest absolute Gasteiger partial charge is 0.611 e. The molecule has 4 rings (SSSR count). The van der Waals surface area contributed by atoms with Crippen molar-refractivity contribution in [3.8, 4) is 0 Å². The summed E-state index contributed by atoms with van der Waals surface area (Å²) in [5.74, 6) is -1.05. The Balaban J connectivity index is 1.73. The zero-order valence-corrected chi connectivity index (χ0v) is 23.2. The average molecular weight is 628 g/mol. The molecule has 2 aromatic rings. The molecule has 2 fully saturated rings. The predicted octanol–water partition coefficient (Wildman–Crippen LogP) is 5.92. The fraction of sp³-hybridized carbons (Fsp3) is 0.536. The Labute approximate surface area is 240 Å². The second-order valence-corrected chi connectivity index (χ2v) is 12.5. The maximum atomic E-state index is 14.7. The van der Waals surface area contributed by atoms with E-state index in [1.54, 1.807) is 0 Å². The maximum Gasteiger partial charge on any atom is 0.435 e. The Morgan fingerprint density at radius 2 is 1.52 bits per heavy atom. The predicted molar refractivity (Wildman–Crippen MR) is 136 cm³/mol. The van der Waals surface area contributed by atoms with Crippen LogP contribution in [0.15, 0.2) is 53.4 Å². The highest BCUT2D eigenvalue weighted by atomic mass is 32.2. The average Bonchev–Trinajstić information content (AvgIpc) is 3.42. The highest BCUT2D eigenvalue weighted by molar-refractivity contribution is 7.92. The number of methoxy groups -OCH3 is 1. The van der Waals surface area contributed by atoms with Gasteiger partial charge in [-0.2, -0.15) is 26.3 Å². The van der Waals surface area contributed by atoms with Crippen LogP contribution >= 0.6 is 0 Å². The van der Waals surface area contributed by atoms with Crippen LogP contribution in [0.2, 0.25) is 0 Å². The van der Waals surface area contributed by atoms with Crippen molar-refractivity contribution >= 4 is 17.1 Å². The van der Waals surface area contributed by atoms with E-state index in [0.29, 0.717) is 37.8 Å². The highest BCUT2D eigenvalue weighted by Gasteiger charge is 2.73. The van der Waals surface area contributed by atoms with Crippen LogP contribution in [0.3, 0.4) is 0 Å². The van der Waals surface area contributed by atoms with E-state index >= 15 is 0 Å². The van der Waals surface area contributed by atoms with E-state index in [0.717, 1.165) is 24.3 Å². The van der Waals surface area contributed by atoms with Crippen molar-refractivity contribution in [3.05, 3.63) is 65.5 Å². The first-order valence-corrected chi connectivity index (χ1v) is 14.3. The summed E-state index contributed by atoms with van der Waals surface area (Å²) < 4.78 is 126. The lowest BCUT2D eigenvalue weighted by Crippen LogP contribution is -2.53. The summed E-state index contributed by atoms with van der Waals surface area (Å²) in [5.41, 5.74) is -8.54. The molecule has 2 aliphatic rings. The number of hydrogen-bond acceptors (Lipinski definition) is 4. The Hall–Kier alpha value is -2.42. The number of rotatable bonds is 7. The minimum atomic E-state index is -6.30. The Kier molecular flexibility index (Phi) is 8.96. The number of halogens is 8. The molecule has 0 aromatic heterocycles. The molecule has 1 saturated heterocycles. The van der Waals surface area contributed by atoms with Crippen LogP contribution in [0.5, 0.6) is 0 Å². The molecule has 14 heteroatoms. The van der Waals surface area contributed by atoms with Crippen molar-refractivity contribution in [2.45, 2.75) is 65.4 Å². The van der Waals surface area contributed by atoms with Gasteiger partial charge >= 0.3 is 18.0 Å². The molecule has 0 spiro atoms. The number of nitrogens with zero attached hydrogens (tertiary/aromatic N) is 1. The molecule has 1 unspecified atom stereocenters. The van der Waals surface area contributed by atoms with Gasteiger partial charge < -0.3 is 19.3 Å². The molecule has 5 nitrogen and oxygen atoms in total. The number of likely N-dealkylation sites (tertiary alicyclic amines) is 1. The van der Waals surface area contributed by atoms with Crippen molar-refractivity contribution in [3.63, 3.8) is 0 Å². The standard InChI is InChI=1S/C28H29F8NO4S/c1-41-24(12-10-18(16-38)11-13-24)23(39)37-15-14-25(17-37,42(40)22-8-6-21(29)7-9-22)19-2-4-20(5-3-19)26(30,27(31,32)33)28(34,35)36/h2-9,18,38H,10-17H2,1H3/t18?,24?,25-,42?/m0/s1. The first-order valence-electron chi connectivity index (χ1n) is 13.1. The van der Waals surface area contributed by atoms with Crippen LogP contribution in [0.1, 0.15) is 43.2 Å². The maximum absolute atomic E-state index is 14.7. The third-order valence-electron chi connectivity index (χ3n) is 8.44. The molecule has 1 amide bonds. The molecular formula is C28H29F8NO4S. The number of hydrogen-bond donors (Lipinski definition) is 1. The van der Waals surface area contributed by atoms with E-state index < -0.39 is 56.8 Å². The Morgan fingerprint density at radius 1 is 0.976 bits per heavy atom. The molecule has 232 valence electrons. The lowest BCUT2D eigenvalue weighted by atomic mass is 9.78. The van der Waals surface area contributed by atoms with E-state index in [2.05, 4.69) is 0 Å². The third kappa shape index (κ3) is 5.50. The van der Waals surface area contributed by atoms with Crippen LogP contribution in [0.4, 0.5) is 35.1 Å². The van der Waals surface area contributed by atoms with E-state index in [9.17, 15) is 49.6 Å². The van der Waals surface area contributed by atoms with Crippen molar-refractivity contribution < 1.29 is 54.3 Å². The fourth-order valence-corrected chi connectivity index (χ4v) is 7.58. The van der Waals surface area contributed by atoms with Gasteiger partial charge in [-0.1, -0.05) is 24.3 Å². The van der Waals surface area contributed by atoms with Gasteiger partial charge in [0.1, 0.15) is 11.4 Å². The minimum Gasteiger partial charge on any atom is -0.611 e. The molecule has 1 saturated carbocycles. The Morgan fingerprint density at radius 3 is 2.00 bits per heavy atom. The van der Waals surface area contributed by atoms with Gasteiger partial charge in [0.15, 0.2) is 9.64 Å². The first-order chi connectivity index (χ1) is 19.5. The number of aliphatic hydroxyl groups excluding tert-OH is 1. The van der Waals surface area contributed by atoms with Crippen molar-refractivity contribution in [1.82, 2.24) is 4.90 Å². The van der Waals surface area contributed by atoms with Crippen LogP contribution in [-0.2, 0) is 31.1 Å². The highest BCUT2D eigenvalue weighted by Crippen LogP contribution is 2.54. The number of carbonyl (C=O) groups is 1. The summed E-state index contributed by atoms with van der Waals surface area (Å²) in [5, 5.41) is 9.48. The lowest BCUT2D eigenvalue weighted by Gasteiger charge is -2.40. The number of alkyl halides is 7. The molecule has 2 atom stereocenters. The second kappa shape index (κ2) is 11.6. The summed E-state index contributed by atoms with van der Waals surface area (Å²) in [6.07, 6.45) is -11.0. The Bertz CT molecular complexity index is 1230. The van der Waals surface area contributed by atoms with Gasteiger partial charge in [0.25, 0.3) is 5.91 Å². The van der Waals surface area contributed by atoms with Crippen molar-refractivity contribution in [2.75, 3.05) is 26.8 Å². The molecule has 0 radical (unpaired) electrons. The van der Waals surface area contributed by atoms with Gasteiger partial charge in [0.2, 0.25) is 0 Å². The number of ether oxygens (including phenoxy) is 1. The second-order valence-electron chi connectivity index (χ2n) is 10.7. The van der Waals surface area contributed by atoms with Crippen LogP contribution < -0.4 is 0 Å². The smallest absolute Gasteiger partial charge is 0.435 e. The fourth-order valence-electron chi connectivity index (χ4n) is 5.84. The molecule has 1 N–H and O–H groups in total. The van der Waals surface area contributed by atoms with Gasteiger partial charge in [0, 0.05) is 37.8 Å². The molecule has 1 heterocycles. The van der Waals surface area contributed by atoms with Gasteiger partial charge in [-0.3, -0.25) is 4.79 Å². The quantitative estimate of drug-likeness (QED) is 0.306. The normalized spacial score (nSPS) is 26.4. The summed E-state index contributed by atoms with van der Waals surface area (Å²) in [6, 6.07) is 6.99. The van der Waals surface area contributed by atoms with Gasteiger partial charge in [-0.05, 0) is 67.0 Å². The van der Waals surface area contributed by atoms with E-state index in [4.69, 9.17) is 4.74 Å². The number of carbonyl (C=O) groups excluding carboxylic acids is 1. The van der Waals surface area contributed by atoms with E-state index in [1.165, 1.54) is 24.1 Å². The van der Waals surface area contributed by atoms with Gasteiger partial charge in [-0.15, -0.1) is 0 Å². The number of aliphatic hydroxyl groups is 1. The molecular weight excluding hydrogens is 598 g/mol. The van der Waals surface area contributed by atoms with Gasteiger partial charge in [-0.25, -0.2) is 8.78 Å². The van der Waals surface area contributed by atoms with Crippen LogP contribution in [0, 0.1) is 11.7 Å². The number of benzene rings is 2. The molecule has 0 bridgehead atoms. The topological polar surface area (TPSA) is 72.8 Å². The zero-order chi connectivity index (χ0) is 31.1. The SMILES string of the molecule is COC1(C(=O)N2CC[C@](c3ccc(C(F)(C(F)(F)F)C(F)(F)F)cc3)([S+]([O-])c3ccc(F)cc3)C2)CCC(CO)CC1. The van der Waals surface area contributed by atoms with Crippen LogP contribution in [0.25, 0.3) is 0 Å². The van der Waals surface area contributed by atoms with Crippen molar-refractivity contribution in [1.29, 1.82) is 0 Å². The summed E-state index contributed by atoms with van der Waals surface area (Å²) in [7, 11) is 1.38. The molecule has 2 aromatic carbocycles. The summed E-state index contributed by atoms with van der Waals surface area (Å²) in [4.78, 5) is 15.3. The van der Waals surface area contributed by atoms with E-state index in [1.807, 2.05) is 0 Å².